The van der Waals surface area contributed by atoms with Crippen molar-refractivity contribution in [3.63, 3.8) is 0 Å². The summed E-state index contributed by atoms with van der Waals surface area (Å²) in [6.45, 7) is 4.43. The number of ether oxygens (including phenoxy) is 1. The van der Waals surface area contributed by atoms with Crippen LogP contribution < -0.4 is 5.32 Å². The average Bonchev–Trinajstić information content (AvgIpc) is 2.31. The Morgan fingerprint density at radius 2 is 2.06 bits per heavy atom. The molecule has 1 unspecified atom stereocenters. The van der Waals surface area contributed by atoms with Gasteiger partial charge in [0.15, 0.2) is 0 Å². The molecular weight excluding hydrogens is 198 g/mol. The van der Waals surface area contributed by atoms with Crippen LogP contribution in [0.2, 0.25) is 0 Å². The van der Waals surface area contributed by atoms with E-state index in [1.165, 1.54) is 64.3 Å². The van der Waals surface area contributed by atoms with Crippen LogP contribution in [0.1, 0.15) is 64.7 Å². The van der Waals surface area contributed by atoms with Gasteiger partial charge in [0.25, 0.3) is 0 Å². The zero-order chi connectivity index (χ0) is 11.3. The van der Waals surface area contributed by atoms with Crippen LogP contribution >= 0.6 is 0 Å². The first kappa shape index (κ1) is 12.4. The van der Waals surface area contributed by atoms with Crippen LogP contribution in [0.5, 0.6) is 0 Å². The molecule has 1 saturated carbocycles. The van der Waals surface area contributed by atoms with E-state index in [2.05, 4.69) is 12.2 Å². The minimum atomic E-state index is 0.264. The Hall–Kier alpha value is -0.0800. The van der Waals surface area contributed by atoms with Crippen molar-refractivity contribution in [3.8, 4) is 0 Å². The molecular formula is C14H27NO. The Morgan fingerprint density at radius 3 is 2.81 bits per heavy atom. The van der Waals surface area contributed by atoms with Crippen LogP contribution in [0.4, 0.5) is 0 Å². The van der Waals surface area contributed by atoms with Gasteiger partial charge in [-0.1, -0.05) is 32.6 Å². The normalized spacial score (nSPS) is 29.4. The lowest BCUT2D eigenvalue weighted by Crippen LogP contribution is -2.48. The van der Waals surface area contributed by atoms with Crippen LogP contribution in [0, 0.1) is 0 Å². The lowest BCUT2D eigenvalue weighted by atomic mass is 9.78. The summed E-state index contributed by atoms with van der Waals surface area (Å²) in [5.74, 6) is 0. The van der Waals surface area contributed by atoms with E-state index in [0.717, 1.165) is 12.6 Å². The summed E-state index contributed by atoms with van der Waals surface area (Å²) in [7, 11) is 0. The minimum Gasteiger partial charge on any atom is -0.375 e. The highest BCUT2D eigenvalue weighted by Crippen LogP contribution is 2.38. The van der Waals surface area contributed by atoms with Crippen molar-refractivity contribution in [1.29, 1.82) is 0 Å². The first-order chi connectivity index (χ1) is 7.85. The standard InChI is InChI=1S/C14H27NO/c1-2-3-10-15-13-7-11-16-14(12-13)8-5-4-6-9-14/h13,15H,2-12H2,1H3. The summed E-state index contributed by atoms with van der Waals surface area (Å²) in [4.78, 5) is 0. The second-order valence-electron chi connectivity index (χ2n) is 5.59. The molecule has 1 spiro atoms. The third-order valence-corrected chi connectivity index (χ3v) is 4.22. The SMILES string of the molecule is CCCCNC1CCOC2(CCCCC2)C1. The predicted molar refractivity (Wildman–Crippen MR) is 67.7 cm³/mol. The van der Waals surface area contributed by atoms with Crippen molar-refractivity contribution in [3.05, 3.63) is 0 Å². The minimum absolute atomic E-state index is 0.264. The second kappa shape index (κ2) is 6.02. The van der Waals surface area contributed by atoms with E-state index in [-0.39, 0.29) is 5.60 Å². The van der Waals surface area contributed by atoms with Gasteiger partial charge in [-0.05, 0) is 38.6 Å². The molecule has 2 fully saturated rings. The van der Waals surface area contributed by atoms with Crippen molar-refractivity contribution in [2.24, 2.45) is 0 Å². The summed E-state index contributed by atoms with van der Waals surface area (Å²) in [6, 6.07) is 0.721. The molecule has 0 aromatic carbocycles. The highest BCUT2D eigenvalue weighted by molar-refractivity contribution is 4.91. The van der Waals surface area contributed by atoms with E-state index in [4.69, 9.17) is 4.74 Å². The van der Waals surface area contributed by atoms with E-state index in [1.54, 1.807) is 0 Å². The fraction of sp³-hybridized carbons (Fsp3) is 1.00. The first-order valence-electron chi connectivity index (χ1n) is 7.22. The van der Waals surface area contributed by atoms with E-state index in [9.17, 15) is 0 Å². The molecule has 0 bridgehead atoms. The van der Waals surface area contributed by atoms with Gasteiger partial charge in [0.1, 0.15) is 0 Å². The van der Waals surface area contributed by atoms with Gasteiger partial charge in [0.05, 0.1) is 5.60 Å². The topological polar surface area (TPSA) is 21.3 Å². The van der Waals surface area contributed by atoms with Gasteiger partial charge in [-0.2, -0.15) is 0 Å². The maximum absolute atomic E-state index is 6.10. The maximum atomic E-state index is 6.10. The summed E-state index contributed by atoms with van der Waals surface area (Å²) < 4.78 is 6.10. The number of hydrogen-bond acceptors (Lipinski definition) is 2. The van der Waals surface area contributed by atoms with E-state index in [1.807, 2.05) is 0 Å². The number of rotatable bonds is 4. The monoisotopic (exact) mass is 225 g/mol. The molecule has 0 aromatic rings. The number of nitrogens with one attached hydrogen (secondary N) is 1. The fourth-order valence-electron chi connectivity index (χ4n) is 3.23. The van der Waals surface area contributed by atoms with Gasteiger partial charge in [-0.3, -0.25) is 0 Å². The molecule has 2 rings (SSSR count). The Balaban J connectivity index is 1.78. The summed E-state index contributed by atoms with van der Waals surface area (Å²) in [5, 5.41) is 3.71. The lowest BCUT2D eigenvalue weighted by Gasteiger charge is -2.43. The van der Waals surface area contributed by atoms with E-state index in [0.29, 0.717) is 0 Å². The molecule has 1 aliphatic heterocycles. The molecule has 1 saturated heterocycles. The smallest absolute Gasteiger partial charge is 0.0697 e. The van der Waals surface area contributed by atoms with Crippen molar-refractivity contribution in [2.45, 2.75) is 76.4 Å². The Bertz CT molecular complexity index is 193. The number of unbranched alkanes of at least 4 members (excludes halogenated alkanes) is 1. The van der Waals surface area contributed by atoms with Crippen molar-refractivity contribution >= 4 is 0 Å². The molecule has 94 valence electrons. The van der Waals surface area contributed by atoms with Crippen LogP contribution in [0.15, 0.2) is 0 Å². The molecule has 0 radical (unpaired) electrons. The maximum Gasteiger partial charge on any atom is 0.0697 e. The summed E-state index contributed by atoms with van der Waals surface area (Å²) in [6.07, 6.45) is 11.9. The highest BCUT2D eigenvalue weighted by Gasteiger charge is 2.38. The highest BCUT2D eigenvalue weighted by atomic mass is 16.5. The zero-order valence-corrected chi connectivity index (χ0v) is 10.8. The van der Waals surface area contributed by atoms with Crippen LogP contribution in [-0.2, 0) is 4.74 Å². The van der Waals surface area contributed by atoms with Gasteiger partial charge in [-0.15, -0.1) is 0 Å². The van der Waals surface area contributed by atoms with Crippen LogP contribution in [0.3, 0.4) is 0 Å². The van der Waals surface area contributed by atoms with Crippen molar-refractivity contribution in [2.75, 3.05) is 13.2 Å². The van der Waals surface area contributed by atoms with Crippen LogP contribution in [0.25, 0.3) is 0 Å². The molecule has 1 aliphatic carbocycles. The van der Waals surface area contributed by atoms with Gasteiger partial charge in [0.2, 0.25) is 0 Å². The average molecular weight is 225 g/mol. The fourth-order valence-corrected chi connectivity index (χ4v) is 3.23. The third kappa shape index (κ3) is 3.21. The molecule has 16 heavy (non-hydrogen) atoms. The van der Waals surface area contributed by atoms with Crippen LogP contribution in [-0.4, -0.2) is 24.8 Å². The van der Waals surface area contributed by atoms with Gasteiger partial charge in [0, 0.05) is 12.6 Å². The Labute approximate surface area is 100 Å². The molecule has 0 aromatic heterocycles. The molecule has 1 N–H and O–H groups in total. The predicted octanol–water partition coefficient (Wildman–Crippen LogP) is 3.26. The molecule has 2 heteroatoms. The quantitative estimate of drug-likeness (QED) is 0.742. The Morgan fingerprint density at radius 1 is 1.25 bits per heavy atom. The summed E-state index contributed by atoms with van der Waals surface area (Å²) in [5.41, 5.74) is 0.264. The first-order valence-corrected chi connectivity index (χ1v) is 7.22. The largest absolute Gasteiger partial charge is 0.375 e. The van der Waals surface area contributed by atoms with Crippen molar-refractivity contribution < 1.29 is 4.74 Å². The van der Waals surface area contributed by atoms with Gasteiger partial charge < -0.3 is 10.1 Å². The lowest BCUT2D eigenvalue weighted by molar-refractivity contribution is -0.109. The second-order valence-corrected chi connectivity index (χ2v) is 5.59. The number of hydrogen-bond donors (Lipinski definition) is 1. The molecule has 1 heterocycles. The Kier molecular flexibility index (Phi) is 4.66. The van der Waals surface area contributed by atoms with Crippen molar-refractivity contribution in [1.82, 2.24) is 5.32 Å². The molecule has 1 atom stereocenters. The molecule has 2 aliphatic rings. The van der Waals surface area contributed by atoms with E-state index < -0.39 is 0 Å². The van der Waals surface area contributed by atoms with Gasteiger partial charge in [-0.25, -0.2) is 0 Å². The summed E-state index contributed by atoms with van der Waals surface area (Å²) >= 11 is 0. The van der Waals surface area contributed by atoms with Gasteiger partial charge >= 0.3 is 0 Å². The molecule has 2 nitrogen and oxygen atoms in total. The molecule has 0 amide bonds. The third-order valence-electron chi connectivity index (χ3n) is 4.22. The zero-order valence-electron chi connectivity index (χ0n) is 10.8. The van der Waals surface area contributed by atoms with E-state index >= 15 is 0 Å².